The first kappa shape index (κ1) is 13.5. The molecule has 2 rings (SSSR count). The van der Waals surface area contributed by atoms with Gasteiger partial charge in [0.2, 0.25) is 0 Å². The van der Waals surface area contributed by atoms with Gasteiger partial charge in [-0.1, -0.05) is 11.6 Å². The third kappa shape index (κ3) is 2.58. The summed E-state index contributed by atoms with van der Waals surface area (Å²) >= 11 is 6.17. The average Bonchev–Trinajstić information content (AvgIpc) is 2.35. The fourth-order valence-electron chi connectivity index (χ4n) is 1.97. The predicted octanol–water partition coefficient (Wildman–Crippen LogP) is 1.33. The Hall–Kier alpha value is -0.910. The van der Waals surface area contributed by atoms with E-state index in [0.29, 0.717) is 24.1 Å². The van der Waals surface area contributed by atoms with E-state index in [2.05, 4.69) is 9.97 Å². The van der Waals surface area contributed by atoms with E-state index < -0.39 is 0 Å². The van der Waals surface area contributed by atoms with Gasteiger partial charge < -0.3 is 14.7 Å². The summed E-state index contributed by atoms with van der Waals surface area (Å²) in [7, 11) is 0. The minimum atomic E-state index is -0.194. The summed E-state index contributed by atoms with van der Waals surface area (Å²) < 4.78 is 5.50. The number of aryl methyl sites for hydroxylation is 2. The summed E-state index contributed by atoms with van der Waals surface area (Å²) in [5.41, 5.74) is 1.71. The van der Waals surface area contributed by atoms with Crippen molar-refractivity contribution in [2.75, 3.05) is 24.7 Å². The molecule has 5 nitrogen and oxygen atoms in total. The van der Waals surface area contributed by atoms with E-state index in [4.69, 9.17) is 16.3 Å². The average molecular weight is 272 g/mol. The zero-order valence-electron chi connectivity index (χ0n) is 10.9. The molecule has 1 saturated heterocycles. The van der Waals surface area contributed by atoms with E-state index in [1.165, 1.54) is 0 Å². The molecule has 0 saturated carbocycles. The van der Waals surface area contributed by atoms with Crippen LogP contribution >= 0.6 is 11.6 Å². The SMILES string of the molecule is Cc1nc(Cl)c(N2CC(CO)OCC2C)nc1C. The number of ether oxygens (including phenoxy) is 1. The van der Waals surface area contributed by atoms with Gasteiger partial charge in [0.05, 0.1) is 36.7 Å². The highest BCUT2D eigenvalue weighted by molar-refractivity contribution is 6.31. The lowest BCUT2D eigenvalue weighted by Gasteiger charge is -2.38. The number of aliphatic hydroxyl groups excluding tert-OH is 1. The molecule has 0 bridgehead atoms. The molecule has 0 aliphatic carbocycles. The molecule has 100 valence electrons. The van der Waals surface area contributed by atoms with Gasteiger partial charge in [0.15, 0.2) is 11.0 Å². The van der Waals surface area contributed by atoms with E-state index in [1.54, 1.807) is 0 Å². The fourth-order valence-corrected chi connectivity index (χ4v) is 2.25. The molecule has 1 N–H and O–H groups in total. The van der Waals surface area contributed by atoms with Crippen LogP contribution in [0.25, 0.3) is 0 Å². The third-order valence-electron chi connectivity index (χ3n) is 3.23. The van der Waals surface area contributed by atoms with Crippen molar-refractivity contribution in [3.63, 3.8) is 0 Å². The number of nitrogens with zero attached hydrogens (tertiary/aromatic N) is 3. The molecule has 2 heterocycles. The first-order chi connectivity index (χ1) is 8.52. The van der Waals surface area contributed by atoms with Crippen molar-refractivity contribution < 1.29 is 9.84 Å². The Balaban J connectivity index is 2.31. The molecule has 2 atom stereocenters. The Labute approximate surface area is 112 Å². The minimum Gasteiger partial charge on any atom is -0.394 e. The number of hydrogen-bond donors (Lipinski definition) is 1. The van der Waals surface area contributed by atoms with Crippen LogP contribution < -0.4 is 4.90 Å². The van der Waals surface area contributed by atoms with Gasteiger partial charge in [0, 0.05) is 6.54 Å². The number of halogens is 1. The van der Waals surface area contributed by atoms with Crippen LogP contribution in [0.5, 0.6) is 0 Å². The molecule has 2 unspecified atom stereocenters. The molecule has 0 aromatic carbocycles. The highest BCUT2D eigenvalue weighted by Crippen LogP contribution is 2.27. The lowest BCUT2D eigenvalue weighted by molar-refractivity contribution is -0.0106. The Morgan fingerprint density at radius 3 is 2.72 bits per heavy atom. The molecule has 6 heteroatoms. The van der Waals surface area contributed by atoms with Gasteiger partial charge in [0.25, 0.3) is 0 Å². The zero-order valence-corrected chi connectivity index (χ0v) is 11.6. The highest BCUT2D eigenvalue weighted by Gasteiger charge is 2.28. The van der Waals surface area contributed by atoms with Gasteiger partial charge >= 0.3 is 0 Å². The summed E-state index contributed by atoms with van der Waals surface area (Å²) in [6.07, 6.45) is -0.194. The zero-order chi connectivity index (χ0) is 13.3. The largest absolute Gasteiger partial charge is 0.394 e. The smallest absolute Gasteiger partial charge is 0.171 e. The van der Waals surface area contributed by atoms with Gasteiger partial charge in [-0.05, 0) is 20.8 Å². The van der Waals surface area contributed by atoms with Gasteiger partial charge in [0.1, 0.15) is 0 Å². The number of aliphatic hydroxyl groups is 1. The van der Waals surface area contributed by atoms with E-state index >= 15 is 0 Å². The quantitative estimate of drug-likeness (QED) is 0.880. The van der Waals surface area contributed by atoms with Crippen molar-refractivity contribution in [1.82, 2.24) is 9.97 Å². The molecular weight excluding hydrogens is 254 g/mol. The summed E-state index contributed by atoms with van der Waals surface area (Å²) in [6, 6.07) is 0.168. The van der Waals surface area contributed by atoms with Crippen molar-refractivity contribution in [3.8, 4) is 0 Å². The number of hydrogen-bond acceptors (Lipinski definition) is 5. The predicted molar refractivity (Wildman–Crippen MR) is 70.1 cm³/mol. The topological polar surface area (TPSA) is 58.5 Å². The number of anilines is 1. The van der Waals surface area contributed by atoms with Crippen LogP contribution in [0.1, 0.15) is 18.3 Å². The molecule has 0 amide bonds. The third-order valence-corrected chi connectivity index (χ3v) is 3.48. The van der Waals surface area contributed by atoms with Crippen LogP contribution in [-0.2, 0) is 4.74 Å². The van der Waals surface area contributed by atoms with Gasteiger partial charge in [-0.2, -0.15) is 0 Å². The van der Waals surface area contributed by atoms with E-state index in [-0.39, 0.29) is 18.8 Å². The molecule has 18 heavy (non-hydrogen) atoms. The van der Waals surface area contributed by atoms with Crippen LogP contribution in [0.3, 0.4) is 0 Å². The Morgan fingerprint density at radius 1 is 1.39 bits per heavy atom. The molecule has 1 fully saturated rings. The number of morpholine rings is 1. The second-order valence-corrected chi connectivity index (χ2v) is 5.01. The summed E-state index contributed by atoms with van der Waals surface area (Å²) in [5, 5.41) is 9.60. The number of rotatable bonds is 2. The maximum atomic E-state index is 9.19. The maximum absolute atomic E-state index is 9.19. The van der Waals surface area contributed by atoms with Crippen LogP contribution in [0, 0.1) is 13.8 Å². The van der Waals surface area contributed by atoms with Crippen LogP contribution in [0.2, 0.25) is 5.15 Å². The maximum Gasteiger partial charge on any atom is 0.171 e. The molecule has 1 aliphatic rings. The first-order valence-corrected chi connectivity index (χ1v) is 6.40. The van der Waals surface area contributed by atoms with Gasteiger partial charge in [-0.3, -0.25) is 0 Å². The van der Waals surface area contributed by atoms with Crippen LogP contribution in [0.15, 0.2) is 0 Å². The summed E-state index contributed by atoms with van der Waals surface area (Å²) in [5.74, 6) is 0.675. The van der Waals surface area contributed by atoms with Crippen molar-refractivity contribution in [3.05, 3.63) is 16.5 Å². The van der Waals surface area contributed by atoms with Crippen molar-refractivity contribution in [1.29, 1.82) is 0 Å². The molecule has 1 aliphatic heterocycles. The molecular formula is C12H18ClN3O2. The number of aromatic nitrogens is 2. The Bertz CT molecular complexity index is 442. The van der Waals surface area contributed by atoms with Crippen molar-refractivity contribution in [2.24, 2.45) is 0 Å². The molecule has 0 spiro atoms. The van der Waals surface area contributed by atoms with Crippen molar-refractivity contribution in [2.45, 2.75) is 32.9 Å². The van der Waals surface area contributed by atoms with Crippen LogP contribution in [-0.4, -0.2) is 47.0 Å². The van der Waals surface area contributed by atoms with E-state index in [9.17, 15) is 5.11 Å². The monoisotopic (exact) mass is 271 g/mol. The second kappa shape index (κ2) is 5.38. The molecule has 1 aromatic heterocycles. The van der Waals surface area contributed by atoms with Gasteiger partial charge in [-0.25, -0.2) is 9.97 Å². The van der Waals surface area contributed by atoms with E-state index in [0.717, 1.165) is 11.4 Å². The first-order valence-electron chi connectivity index (χ1n) is 6.02. The Morgan fingerprint density at radius 2 is 2.06 bits per heavy atom. The standard InChI is InChI=1S/C12H18ClN3O2/c1-7-6-18-10(5-17)4-16(7)12-11(13)14-8(2)9(3)15-12/h7,10,17H,4-6H2,1-3H3. The highest BCUT2D eigenvalue weighted by atomic mass is 35.5. The molecule has 0 radical (unpaired) electrons. The second-order valence-electron chi connectivity index (χ2n) is 4.65. The summed E-state index contributed by atoms with van der Waals surface area (Å²) in [4.78, 5) is 10.8. The molecule has 1 aromatic rings. The van der Waals surface area contributed by atoms with Crippen molar-refractivity contribution >= 4 is 17.4 Å². The normalized spacial score (nSPS) is 24.4. The minimum absolute atomic E-state index is 0.000882. The van der Waals surface area contributed by atoms with Crippen LogP contribution in [0.4, 0.5) is 5.82 Å². The van der Waals surface area contributed by atoms with E-state index in [1.807, 2.05) is 25.7 Å². The fraction of sp³-hybridized carbons (Fsp3) is 0.667. The lowest BCUT2D eigenvalue weighted by Crippen LogP contribution is -2.50. The van der Waals surface area contributed by atoms with Gasteiger partial charge in [-0.15, -0.1) is 0 Å². The lowest BCUT2D eigenvalue weighted by atomic mass is 10.2. The summed E-state index contributed by atoms with van der Waals surface area (Å²) in [6.45, 7) is 6.97. The Kier molecular flexibility index (Phi) is 4.04.